The van der Waals surface area contributed by atoms with Crippen LogP contribution in [-0.2, 0) is 14.3 Å². The summed E-state index contributed by atoms with van der Waals surface area (Å²) < 4.78 is 5.21. The van der Waals surface area contributed by atoms with Gasteiger partial charge in [-0.2, -0.15) is 0 Å². The Morgan fingerprint density at radius 3 is 2.28 bits per heavy atom. The van der Waals surface area contributed by atoms with Crippen LogP contribution in [0.4, 0.5) is 4.79 Å². The summed E-state index contributed by atoms with van der Waals surface area (Å²) in [6, 6.07) is 4.95. The van der Waals surface area contributed by atoms with E-state index < -0.39 is 23.6 Å². The Morgan fingerprint density at radius 2 is 1.75 bits per heavy atom. The van der Waals surface area contributed by atoms with Gasteiger partial charge in [0.1, 0.15) is 18.2 Å². The molecule has 3 amide bonds. The summed E-state index contributed by atoms with van der Waals surface area (Å²) in [5.41, 5.74) is 1.95. The van der Waals surface area contributed by atoms with Crippen molar-refractivity contribution in [1.29, 1.82) is 0 Å². The van der Waals surface area contributed by atoms with Gasteiger partial charge < -0.3 is 20.3 Å². The van der Waals surface area contributed by atoms with Crippen molar-refractivity contribution in [1.82, 2.24) is 15.5 Å². The van der Waals surface area contributed by atoms with Crippen molar-refractivity contribution < 1.29 is 19.1 Å². The van der Waals surface area contributed by atoms with Crippen LogP contribution in [0.5, 0.6) is 0 Å². The molecule has 178 valence electrons. The van der Waals surface area contributed by atoms with Crippen molar-refractivity contribution in [2.75, 3.05) is 19.6 Å². The van der Waals surface area contributed by atoms with Gasteiger partial charge in [0.2, 0.25) is 11.8 Å². The van der Waals surface area contributed by atoms with E-state index in [1.165, 1.54) is 4.90 Å². The molecule has 7 nitrogen and oxygen atoms in total. The SMILES string of the molecule is C=CCN(C(=O)CNC(=O)OC(C)(C)C)C(C(=O)NCCCCC)c1c(C)cccc1C. The number of nitrogens with zero attached hydrogens (tertiary/aromatic N) is 1. The molecule has 0 radical (unpaired) electrons. The minimum atomic E-state index is -0.830. The van der Waals surface area contributed by atoms with Gasteiger partial charge in [0, 0.05) is 13.1 Å². The maximum Gasteiger partial charge on any atom is 0.408 e. The van der Waals surface area contributed by atoms with E-state index in [-0.39, 0.29) is 19.0 Å². The van der Waals surface area contributed by atoms with Crippen molar-refractivity contribution in [2.24, 2.45) is 0 Å². The van der Waals surface area contributed by atoms with E-state index in [2.05, 4.69) is 24.1 Å². The Bertz CT molecular complexity index is 779. The molecular formula is C25H39N3O4. The van der Waals surface area contributed by atoms with Crippen LogP contribution in [0.25, 0.3) is 0 Å². The van der Waals surface area contributed by atoms with Crippen LogP contribution < -0.4 is 10.6 Å². The fourth-order valence-electron chi connectivity index (χ4n) is 3.42. The minimum absolute atomic E-state index is 0.162. The molecule has 2 N–H and O–H groups in total. The van der Waals surface area contributed by atoms with Gasteiger partial charge in [-0.3, -0.25) is 9.59 Å². The van der Waals surface area contributed by atoms with Gasteiger partial charge in [-0.1, -0.05) is 44.0 Å². The average molecular weight is 446 g/mol. The lowest BCUT2D eigenvalue weighted by atomic mass is 9.94. The molecule has 7 heteroatoms. The third kappa shape index (κ3) is 8.73. The van der Waals surface area contributed by atoms with E-state index in [1.54, 1.807) is 26.8 Å². The van der Waals surface area contributed by atoms with Crippen molar-refractivity contribution in [3.63, 3.8) is 0 Å². The van der Waals surface area contributed by atoms with Gasteiger partial charge in [-0.25, -0.2) is 4.79 Å². The number of carbonyl (C=O) groups excluding carboxylic acids is 3. The van der Waals surface area contributed by atoms with Crippen LogP contribution in [0, 0.1) is 13.8 Å². The predicted octanol–water partition coefficient (Wildman–Crippen LogP) is 4.19. The molecule has 0 aliphatic carbocycles. The summed E-state index contributed by atoms with van der Waals surface area (Å²) in [7, 11) is 0. The van der Waals surface area contributed by atoms with E-state index in [0.29, 0.717) is 6.54 Å². The standard InChI is InChI=1S/C25H39N3O4/c1-8-10-11-15-26-23(30)22(21-18(3)13-12-14-19(21)4)28(16-9-2)20(29)17-27-24(31)32-25(5,6)7/h9,12-14,22H,2,8,10-11,15-17H2,1,3-7H3,(H,26,30)(H,27,31). The fourth-order valence-corrected chi connectivity index (χ4v) is 3.42. The molecule has 0 fully saturated rings. The zero-order chi connectivity index (χ0) is 24.3. The summed E-state index contributed by atoms with van der Waals surface area (Å²) in [4.78, 5) is 39.9. The summed E-state index contributed by atoms with van der Waals surface area (Å²) in [5, 5.41) is 5.47. The number of benzene rings is 1. The largest absolute Gasteiger partial charge is 0.444 e. The lowest BCUT2D eigenvalue weighted by Crippen LogP contribution is -2.48. The summed E-state index contributed by atoms with van der Waals surface area (Å²) in [6.07, 6.45) is 3.84. The second kappa shape index (κ2) is 12.9. The van der Waals surface area contributed by atoms with Crippen molar-refractivity contribution >= 4 is 17.9 Å². The Hall–Kier alpha value is -2.83. The Kier molecular flexibility index (Phi) is 11.0. The van der Waals surface area contributed by atoms with Gasteiger partial charge in [-0.15, -0.1) is 6.58 Å². The van der Waals surface area contributed by atoms with E-state index in [9.17, 15) is 14.4 Å². The molecule has 1 rings (SSSR count). The molecule has 0 bridgehead atoms. The molecular weight excluding hydrogens is 406 g/mol. The average Bonchev–Trinajstić information content (AvgIpc) is 2.69. The molecule has 0 heterocycles. The number of ether oxygens (including phenoxy) is 1. The third-order valence-electron chi connectivity index (χ3n) is 4.88. The molecule has 0 saturated heterocycles. The predicted molar refractivity (Wildman–Crippen MR) is 127 cm³/mol. The number of amides is 3. The van der Waals surface area contributed by atoms with Gasteiger partial charge in [-0.05, 0) is 57.7 Å². The molecule has 1 aromatic rings. The molecule has 0 aliphatic rings. The first-order valence-electron chi connectivity index (χ1n) is 11.2. The zero-order valence-electron chi connectivity index (χ0n) is 20.4. The van der Waals surface area contributed by atoms with Crippen LogP contribution in [0.15, 0.2) is 30.9 Å². The van der Waals surface area contributed by atoms with Crippen LogP contribution >= 0.6 is 0 Å². The molecule has 1 aromatic carbocycles. The lowest BCUT2D eigenvalue weighted by Gasteiger charge is -2.32. The summed E-state index contributed by atoms with van der Waals surface area (Å²) in [5.74, 6) is -0.641. The highest BCUT2D eigenvalue weighted by Crippen LogP contribution is 2.28. The summed E-state index contributed by atoms with van der Waals surface area (Å²) >= 11 is 0. The molecule has 0 aliphatic heterocycles. The first-order valence-corrected chi connectivity index (χ1v) is 11.2. The van der Waals surface area contributed by atoms with E-state index in [1.807, 2.05) is 32.0 Å². The number of hydrogen-bond acceptors (Lipinski definition) is 4. The van der Waals surface area contributed by atoms with Gasteiger partial charge in [0.15, 0.2) is 0 Å². The second-order valence-corrected chi connectivity index (χ2v) is 8.90. The molecule has 1 atom stereocenters. The van der Waals surface area contributed by atoms with Crippen molar-refractivity contribution in [3.05, 3.63) is 47.5 Å². The van der Waals surface area contributed by atoms with Gasteiger partial charge in [0.05, 0.1) is 0 Å². The molecule has 0 spiro atoms. The topological polar surface area (TPSA) is 87.7 Å². The zero-order valence-corrected chi connectivity index (χ0v) is 20.4. The summed E-state index contributed by atoms with van der Waals surface area (Å²) in [6.45, 7) is 15.4. The van der Waals surface area contributed by atoms with Crippen LogP contribution in [0.2, 0.25) is 0 Å². The number of carbonyl (C=O) groups is 3. The van der Waals surface area contributed by atoms with E-state index in [4.69, 9.17) is 4.74 Å². The fraction of sp³-hybridized carbons (Fsp3) is 0.560. The molecule has 1 unspecified atom stereocenters. The Morgan fingerprint density at radius 1 is 1.12 bits per heavy atom. The maximum atomic E-state index is 13.3. The van der Waals surface area contributed by atoms with Crippen molar-refractivity contribution in [2.45, 2.75) is 72.4 Å². The van der Waals surface area contributed by atoms with E-state index >= 15 is 0 Å². The Balaban J connectivity index is 3.18. The molecule has 32 heavy (non-hydrogen) atoms. The quantitative estimate of drug-likeness (QED) is 0.395. The van der Waals surface area contributed by atoms with Gasteiger partial charge in [0.25, 0.3) is 0 Å². The normalized spacial score (nSPS) is 11.9. The third-order valence-corrected chi connectivity index (χ3v) is 4.88. The highest BCUT2D eigenvalue weighted by atomic mass is 16.6. The first-order chi connectivity index (χ1) is 15.0. The minimum Gasteiger partial charge on any atom is -0.444 e. The monoisotopic (exact) mass is 445 g/mol. The van der Waals surface area contributed by atoms with Crippen LogP contribution in [0.1, 0.15) is 69.7 Å². The number of aryl methyl sites for hydroxylation is 2. The second-order valence-electron chi connectivity index (χ2n) is 8.90. The highest BCUT2D eigenvalue weighted by Gasteiger charge is 2.33. The van der Waals surface area contributed by atoms with Crippen LogP contribution in [0.3, 0.4) is 0 Å². The number of unbranched alkanes of at least 4 members (excludes halogenated alkanes) is 2. The Labute approximate surface area is 192 Å². The highest BCUT2D eigenvalue weighted by molar-refractivity contribution is 5.91. The number of nitrogens with one attached hydrogen (secondary N) is 2. The maximum absolute atomic E-state index is 13.3. The van der Waals surface area contributed by atoms with E-state index in [0.717, 1.165) is 36.0 Å². The number of alkyl carbamates (subject to hydrolysis) is 1. The molecule has 0 aromatic heterocycles. The number of rotatable bonds is 11. The van der Waals surface area contributed by atoms with Gasteiger partial charge >= 0.3 is 6.09 Å². The smallest absolute Gasteiger partial charge is 0.408 e. The molecule has 0 saturated carbocycles. The first kappa shape index (κ1) is 27.2. The van der Waals surface area contributed by atoms with Crippen LogP contribution in [-0.4, -0.2) is 48.0 Å². The van der Waals surface area contributed by atoms with Crippen molar-refractivity contribution in [3.8, 4) is 0 Å². The lowest BCUT2D eigenvalue weighted by molar-refractivity contribution is -0.139. The number of hydrogen-bond donors (Lipinski definition) is 2.